The molecule has 0 spiro atoms. The number of carbonyl (C=O) groups is 1. The predicted octanol–water partition coefficient (Wildman–Crippen LogP) is 1.29. The van der Waals surface area contributed by atoms with Crippen LogP contribution in [-0.4, -0.2) is 43.6 Å². The summed E-state index contributed by atoms with van der Waals surface area (Å²) in [6.45, 7) is 3.33. The van der Waals surface area contributed by atoms with Crippen molar-refractivity contribution in [2.24, 2.45) is 13.0 Å². The van der Waals surface area contributed by atoms with Gasteiger partial charge in [0.1, 0.15) is 5.69 Å². The summed E-state index contributed by atoms with van der Waals surface area (Å²) in [6, 6.07) is 1.92. The number of likely N-dealkylation sites (tertiary alicyclic amines) is 1. The number of aromatic nitrogens is 4. The number of carbonyl (C=O) groups excluding carboxylic acids is 1. The van der Waals surface area contributed by atoms with Gasteiger partial charge in [-0.25, -0.2) is 0 Å². The summed E-state index contributed by atoms with van der Waals surface area (Å²) in [5, 5.41) is 4.13. The van der Waals surface area contributed by atoms with E-state index in [2.05, 4.69) is 15.1 Å². The lowest BCUT2D eigenvalue weighted by Gasteiger charge is -2.13. The summed E-state index contributed by atoms with van der Waals surface area (Å²) >= 11 is 0. The largest absolute Gasteiger partial charge is 0.343 e. The summed E-state index contributed by atoms with van der Waals surface area (Å²) in [7, 11) is 1.89. The maximum atomic E-state index is 11.3. The van der Waals surface area contributed by atoms with Crippen molar-refractivity contribution in [3.63, 3.8) is 0 Å². The molecular formula is C15H19N5O. The van der Waals surface area contributed by atoms with Gasteiger partial charge in [-0.1, -0.05) is 0 Å². The number of nitrogens with zero attached hydrogens (tertiary/aromatic N) is 5. The number of hydrogen-bond donors (Lipinski definition) is 0. The van der Waals surface area contributed by atoms with E-state index in [1.165, 1.54) is 0 Å². The minimum Gasteiger partial charge on any atom is -0.343 e. The maximum Gasteiger partial charge on any atom is 0.219 e. The van der Waals surface area contributed by atoms with E-state index in [0.29, 0.717) is 5.92 Å². The standard InChI is InChI=1S/C15H19N5O/c1-11(21)20-6-4-12(10-20)7-13-8-17-14(9-16-13)15-3-5-18-19(15)2/h3,5,8-9,12H,4,6-7,10H2,1-2H3. The SMILES string of the molecule is CC(=O)N1CCC(Cc2cnc(-c3ccnn3C)cn2)C1. The lowest BCUT2D eigenvalue weighted by molar-refractivity contribution is -0.127. The normalized spacial score (nSPS) is 18.2. The zero-order chi connectivity index (χ0) is 14.8. The second-order valence-electron chi connectivity index (χ2n) is 5.56. The molecular weight excluding hydrogens is 266 g/mol. The van der Waals surface area contributed by atoms with E-state index in [1.54, 1.807) is 24.0 Å². The van der Waals surface area contributed by atoms with Crippen molar-refractivity contribution in [2.45, 2.75) is 19.8 Å². The highest BCUT2D eigenvalue weighted by Gasteiger charge is 2.24. The van der Waals surface area contributed by atoms with Gasteiger partial charge in [0.2, 0.25) is 5.91 Å². The molecule has 0 aliphatic carbocycles. The van der Waals surface area contributed by atoms with Crippen LogP contribution in [0, 0.1) is 5.92 Å². The highest BCUT2D eigenvalue weighted by molar-refractivity contribution is 5.73. The van der Waals surface area contributed by atoms with E-state index >= 15 is 0 Å². The molecule has 3 rings (SSSR count). The van der Waals surface area contributed by atoms with E-state index in [0.717, 1.165) is 43.0 Å². The Morgan fingerprint density at radius 1 is 1.38 bits per heavy atom. The lowest BCUT2D eigenvalue weighted by Crippen LogP contribution is -2.26. The highest BCUT2D eigenvalue weighted by Crippen LogP contribution is 2.21. The fraction of sp³-hybridized carbons (Fsp3) is 0.467. The molecule has 0 aromatic carbocycles. The zero-order valence-corrected chi connectivity index (χ0v) is 12.4. The van der Waals surface area contributed by atoms with Crippen LogP contribution < -0.4 is 0 Å². The molecule has 6 heteroatoms. The van der Waals surface area contributed by atoms with Crippen molar-refractivity contribution in [1.29, 1.82) is 0 Å². The molecule has 1 fully saturated rings. The third kappa shape index (κ3) is 2.94. The van der Waals surface area contributed by atoms with Crippen LogP contribution in [0.15, 0.2) is 24.7 Å². The molecule has 1 aliphatic heterocycles. The predicted molar refractivity (Wildman–Crippen MR) is 78.3 cm³/mol. The van der Waals surface area contributed by atoms with Crippen molar-refractivity contribution in [1.82, 2.24) is 24.6 Å². The molecule has 3 heterocycles. The first kappa shape index (κ1) is 13.7. The van der Waals surface area contributed by atoms with Gasteiger partial charge in [-0.2, -0.15) is 5.10 Å². The zero-order valence-electron chi connectivity index (χ0n) is 12.4. The fourth-order valence-electron chi connectivity index (χ4n) is 2.80. The highest BCUT2D eigenvalue weighted by atomic mass is 16.2. The second-order valence-corrected chi connectivity index (χ2v) is 5.56. The minimum absolute atomic E-state index is 0.162. The van der Waals surface area contributed by atoms with Crippen LogP contribution in [0.2, 0.25) is 0 Å². The topological polar surface area (TPSA) is 63.9 Å². The fourth-order valence-corrected chi connectivity index (χ4v) is 2.80. The number of hydrogen-bond acceptors (Lipinski definition) is 4. The Hall–Kier alpha value is -2.24. The molecule has 21 heavy (non-hydrogen) atoms. The summed E-state index contributed by atoms with van der Waals surface area (Å²) < 4.78 is 1.78. The molecule has 1 atom stereocenters. The van der Waals surface area contributed by atoms with Gasteiger partial charge in [0.15, 0.2) is 0 Å². The Labute approximate surface area is 123 Å². The van der Waals surface area contributed by atoms with Gasteiger partial charge in [0.05, 0.1) is 17.6 Å². The van der Waals surface area contributed by atoms with Crippen LogP contribution in [0.1, 0.15) is 19.0 Å². The molecule has 0 saturated carbocycles. The van der Waals surface area contributed by atoms with Crippen LogP contribution in [0.4, 0.5) is 0 Å². The smallest absolute Gasteiger partial charge is 0.219 e. The summed E-state index contributed by atoms with van der Waals surface area (Å²) in [4.78, 5) is 22.2. The van der Waals surface area contributed by atoms with Crippen LogP contribution in [0.3, 0.4) is 0 Å². The van der Waals surface area contributed by atoms with Crippen molar-refractivity contribution < 1.29 is 4.79 Å². The third-order valence-corrected chi connectivity index (χ3v) is 4.02. The van der Waals surface area contributed by atoms with Crippen molar-refractivity contribution >= 4 is 5.91 Å². The number of amides is 1. The Bertz CT molecular complexity index is 634. The Morgan fingerprint density at radius 2 is 2.24 bits per heavy atom. The molecule has 0 radical (unpaired) electrons. The first-order valence-corrected chi connectivity index (χ1v) is 7.18. The number of rotatable bonds is 3. The van der Waals surface area contributed by atoms with Gasteiger partial charge in [-0.05, 0) is 24.8 Å². The molecule has 0 bridgehead atoms. The molecule has 6 nitrogen and oxygen atoms in total. The van der Waals surface area contributed by atoms with Crippen molar-refractivity contribution in [3.05, 3.63) is 30.4 Å². The monoisotopic (exact) mass is 285 g/mol. The first-order chi connectivity index (χ1) is 10.1. The summed E-state index contributed by atoms with van der Waals surface area (Å²) in [5.41, 5.74) is 2.77. The minimum atomic E-state index is 0.162. The molecule has 1 saturated heterocycles. The number of aryl methyl sites for hydroxylation is 1. The molecule has 1 aliphatic rings. The van der Waals surface area contributed by atoms with Gasteiger partial charge >= 0.3 is 0 Å². The summed E-state index contributed by atoms with van der Waals surface area (Å²) in [6.07, 6.45) is 7.30. The maximum absolute atomic E-state index is 11.3. The molecule has 110 valence electrons. The molecule has 1 amide bonds. The van der Waals surface area contributed by atoms with Crippen LogP contribution >= 0.6 is 0 Å². The lowest BCUT2D eigenvalue weighted by atomic mass is 10.0. The average Bonchev–Trinajstić information content (AvgIpc) is 3.09. The molecule has 1 unspecified atom stereocenters. The van der Waals surface area contributed by atoms with Gasteiger partial charge in [0, 0.05) is 39.5 Å². The van der Waals surface area contributed by atoms with Gasteiger partial charge in [0.25, 0.3) is 0 Å². The van der Waals surface area contributed by atoms with E-state index < -0.39 is 0 Å². The van der Waals surface area contributed by atoms with Crippen LogP contribution in [0.5, 0.6) is 0 Å². The molecule has 0 N–H and O–H groups in total. The average molecular weight is 285 g/mol. The molecule has 2 aromatic rings. The summed E-state index contributed by atoms with van der Waals surface area (Å²) in [5.74, 6) is 0.654. The van der Waals surface area contributed by atoms with Crippen LogP contribution in [0.25, 0.3) is 11.4 Å². The quantitative estimate of drug-likeness (QED) is 0.852. The Kier molecular flexibility index (Phi) is 3.68. The molecule has 2 aromatic heterocycles. The van der Waals surface area contributed by atoms with Gasteiger partial charge in [-0.15, -0.1) is 0 Å². The Balaban J connectivity index is 1.66. The van der Waals surface area contributed by atoms with Gasteiger partial charge in [-0.3, -0.25) is 19.4 Å². The van der Waals surface area contributed by atoms with E-state index in [4.69, 9.17) is 0 Å². The third-order valence-electron chi connectivity index (χ3n) is 4.02. The first-order valence-electron chi connectivity index (χ1n) is 7.18. The van der Waals surface area contributed by atoms with E-state index in [-0.39, 0.29) is 5.91 Å². The van der Waals surface area contributed by atoms with Gasteiger partial charge < -0.3 is 4.90 Å². The van der Waals surface area contributed by atoms with E-state index in [9.17, 15) is 4.79 Å². The van der Waals surface area contributed by atoms with Crippen LogP contribution in [-0.2, 0) is 18.3 Å². The second kappa shape index (κ2) is 5.63. The van der Waals surface area contributed by atoms with E-state index in [1.807, 2.05) is 24.2 Å². The van der Waals surface area contributed by atoms with Crippen molar-refractivity contribution in [2.75, 3.05) is 13.1 Å². The van der Waals surface area contributed by atoms with Crippen molar-refractivity contribution in [3.8, 4) is 11.4 Å². The Morgan fingerprint density at radius 3 is 2.81 bits per heavy atom.